The molecular weight excluding hydrogens is 506 g/mol. The maximum absolute atomic E-state index is 13.2. The molecule has 33 heavy (non-hydrogen) atoms. The fourth-order valence-electron chi connectivity index (χ4n) is 3.46. The molecule has 0 atom stereocenters. The Morgan fingerprint density at radius 2 is 1.58 bits per heavy atom. The van der Waals surface area contributed by atoms with E-state index in [0.29, 0.717) is 37.4 Å². The normalized spacial score (nSPS) is 10.9. The lowest BCUT2D eigenvalue weighted by Gasteiger charge is -2.10. The van der Waals surface area contributed by atoms with Crippen LogP contribution in [0.3, 0.4) is 0 Å². The van der Waals surface area contributed by atoms with Gasteiger partial charge in [-0.25, -0.2) is 0 Å². The number of anilines is 1. The van der Waals surface area contributed by atoms with Gasteiger partial charge < -0.3 is 14.6 Å². The standard InChI is InChI=1S/C24H16Cl4N2O3/c1-33-17-7-5-16(6-8-17)29-24(32)22(31)21-18-10-14(25)4-9-20(18)30(23(21)28)12-13-2-3-15(26)11-19(13)27/h2-11H,12H2,1H3,(H,29,32). The molecule has 1 aromatic heterocycles. The molecule has 1 N–H and O–H groups in total. The van der Waals surface area contributed by atoms with Crippen molar-refractivity contribution in [2.75, 3.05) is 12.4 Å². The number of halogens is 4. The number of carbonyl (C=O) groups is 2. The van der Waals surface area contributed by atoms with E-state index in [4.69, 9.17) is 51.1 Å². The van der Waals surface area contributed by atoms with Crippen molar-refractivity contribution >= 4 is 74.7 Å². The van der Waals surface area contributed by atoms with Crippen LogP contribution in [0.5, 0.6) is 5.75 Å². The molecule has 9 heteroatoms. The van der Waals surface area contributed by atoms with E-state index in [9.17, 15) is 9.59 Å². The molecule has 1 heterocycles. The second-order valence-electron chi connectivity index (χ2n) is 7.16. The first-order valence-corrected chi connectivity index (χ1v) is 11.2. The third kappa shape index (κ3) is 4.82. The summed E-state index contributed by atoms with van der Waals surface area (Å²) in [5.74, 6) is -0.990. The number of amides is 1. The van der Waals surface area contributed by atoms with Crippen molar-refractivity contribution in [1.29, 1.82) is 0 Å². The molecule has 168 valence electrons. The van der Waals surface area contributed by atoms with Crippen LogP contribution in [0.1, 0.15) is 15.9 Å². The number of Topliss-reactive ketones (excluding diaryl/α,β-unsaturated/α-hetero) is 1. The predicted octanol–water partition coefficient (Wildman–Crippen LogP) is 7.13. The lowest BCUT2D eigenvalue weighted by atomic mass is 10.1. The topological polar surface area (TPSA) is 60.3 Å². The van der Waals surface area contributed by atoms with Gasteiger partial charge in [0.1, 0.15) is 10.9 Å². The predicted molar refractivity (Wildman–Crippen MR) is 133 cm³/mol. The fraction of sp³-hybridized carbons (Fsp3) is 0.0833. The zero-order valence-corrected chi connectivity index (χ0v) is 20.2. The van der Waals surface area contributed by atoms with E-state index in [1.165, 1.54) is 7.11 Å². The smallest absolute Gasteiger partial charge is 0.296 e. The minimum atomic E-state index is -0.828. The number of fused-ring (bicyclic) bond motifs is 1. The molecule has 4 aromatic rings. The van der Waals surface area contributed by atoms with Crippen molar-refractivity contribution in [2.24, 2.45) is 0 Å². The van der Waals surface area contributed by atoms with E-state index in [-0.39, 0.29) is 17.3 Å². The zero-order valence-electron chi connectivity index (χ0n) is 17.2. The Bertz CT molecular complexity index is 1380. The number of hydrogen-bond acceptors (Lipinski definition) is 3. The van der Waals surface area contributed by atoms with Gasteiger partial charge >= 0.3 is 0 Å². The Morgan fingerprint density at radius 1 is 0.909 bits per heavy atom. The van der Waals surface area contributed by atoms with E-state index >= 15 is 0 Å². The minimum absolute atomic E-state index is 0.0604. The summed E-state index contributed by atoms with van der Waals surface area (Å²) in [7, 11) is 1.54. The molecule has 0 unspecified atom stereocenters. The van der Waals surface area contributed by atoms with Crippen LogP contribution in [-0.4, -0.2) is 23.4 Å². The third-order valence-corrected chi connectivity index (χ3v) is 6.30. The summed E-state index contributed by atoms with van der Waals surface area (Å²) < 4.78 is 6.81. The molecule has 0 saturated heterocycles. The van der Waals surface area contributed by atoms with Gasteiger partial charge in [-0.1, -0.05) is 52.5 Å². The highest BCUT2D eigenvalue weighted by atomic mass is 35.5. The number of nitrogens with one attached hydrogen (secondary N) is 1. The quantitative estimate of drug-likeness (QED) is 0.217. The largest absolute Gasteiger partial charge is 0.497 e. The van der Waals surface area contributed by atoms with Crippen molar-refractivity contribution < 1.29 is 14.3 Å². The maximum atomic E-state index is 13.2. The zero-order chi connectivity index (χ0) is 23.7. The van der Waals surface area contributed by atoms with Crippen molar-refractivity contribution in [2.45, 2.75) is 6.54 Å². The molecule has 4 rings (SSSR count). The van der Waals surface area contributed by atoms with Crippen LogP contribution < -0.4 is 10.1 Å². The van der Waals surface area contributed by atoms with Gasteiger partial charge in [0.05, 0.1) is 24.7 Å². The van der Waals surface area contributed by atoms with Gasteiger partial charge in [0.2, 0.25) is 0 Å². The summed E-state index contributed by atoms with van der Waals surface area (Å²) in [6, 6.07) is 16.8. The van der Waals surface area contributed by atoms with Crippen LogP contribution >= 0.6 is 46.4 Å². The first-order valence-electron chi connectivity index (χ1n) is 9.69. The first-order chi connectivity index (χ1) is 15.8. The average molecular weight is 522 g/mol. The molecule has 0 fully saturated rings. The van der Waals surface area contributed by atoms with Crippen LogP contribution in [0.4, 0.5) is 5.69 Å². The maximum Gasteiger partial charge on any atom is 0.296 e. The molecule has 0 aliphatic heterocycles. The molecule has 0 spiro atoms. The fourth-order valence-corrected chi connectivity index (χ4v) is 4.44. The molecular formula is C24H16Cl4N2O3. The second kappa shape index (κ2) is 9.65. The number of methoxy groups -OCH3 is 1. The molecule has 5 nitrogen and oxygen atoms in total. The number of hydrogen-bond donors (Lipinski definition) is 1. The summed E-state index contributed by atoms with van der Waals surface area (Å²) >= 11 is 25.2. The molecule has 0 radical (unpaired) electrons. The third-order valence-electron chi connectivity index (χ3n) is 5.09. The number of aromatic nitrogens is 1. The van der Waals surface area contributed by atoms with Gasteiger partial charge in [0.15, 0.2) is 0 Å². The molecule has 0 bridgehead atoms. The Balaban J connectivity index is 1.73. The average Bonchev–Trinajstić information content (AvgIpc) is 3.05. The number of ketones is 1. The van der Waals surface area contributed by atoms with Gasteiger partial charge in [0, 0.05) is 26.1 Å². The molecule has 0 aliphatic rings. The van der Waals surface area contributed by atoms with Gasteiger partial charge in [-0.2, -0.15) is 0 Å². The van der Waals surface area contributed by atoms with Crippen molar-refractivity contribution in [3.8, 4) is 5.75 Å². The lowest BCUT2D eigenvalue weighted by molar-refractivity contribution is -0.112. The van der Waals surface area contributed by atoms with E-state index in [1.54, 1.807) is 65.2 Å². The van der Waals surface area contributed by atoms with Crippen LogP contribution in [0, 0.1) is 0 Å². The minimum Gasteiger partial charge on any atom is -0.497 e. The van der Waals surface area contributed by atoms with Crippen LogP contribution in [0.2, 0.25) is 20.2 Å². The SMILES string of the molecule is COc1ccc(NC(=O)C(=O)c2c(Cl)n(Cc3ccc(Cl)cc3Cl)c3ccc(Cl)cc23)cc1. The van der Waals surface area contributed by atoms with Crippen molar-refractivity contribution in [3.63, 3.8) is 0 Å². The van der Waals surface area contributed by atoms with Crippen LogP contribution in [0.25, 0.3) is 10.9 Å². The summed E-state index contributed by atoms with van der Waals surface area (Å²) in [6.45, 7) is 0.264. The van der Waals surface area contributed by atoms with E-state index in [0.717, 1.165) is 5.56 Å². The highest BCUT2D eigenvalue weighted by Gasteiger charge is 2.27. The lowest BCUT2D eigenvalue weighted by Crippen LogP contribution is -2.23. The Kier molecular flexibility index (Phi) is 6.86. The summed E-state index contributed by atoms with van der Waals surface area (Å²) in [4.78, 5) is 26.0. The molecule has 1 amide bonds. The molecule has 3 aromatic carbocycles. The molecule has 0 saturated carbocycles. The molecule has 0 aliphatic carbocycles. The summed E-state index contributed by atoms with van der Waals surface area (Å²) in [5.41, 5.74) is 1.89. The van der Waals surface area contributed by atoms with Crippen LogP contribution in [-0.2, 0) is 11.3 Å². The highest BCUT2D eigenvalue weighted by molar-refractivity contribution is 6.52. The van der Waals surface area contributed by atoms with Crippen LogP contribution in [0.15, 0.2) is 60.7 Å². The van der Waals surface area contributed by atoms with Gasteiger partial charge in [0.25, 0.3) is 11.7 Å². The Labute approximate surface area is 209 Å². The number of ether oxygens (including phenoxy) is 1. The second-order valence-corrected chi connectivity index (χ2v) is 8.80. The number of carbonyl (C=O) groups excluding carboxylic acids is 2. The summed E-state index contributed by atoms with van der Waals surface area (Å²) in [5, 5.41) is 4.53. The van der Waals surface area contributed by atoms with E-state index in [1.807, 2.05) is 0 Å². The number of benzene rings is 3. The first kappa shape index (κ1) is 23.5. The van der Waals surface area contributed by atoms with Gasteiger partial charge in [-0.3, -0.25) is 9.59 Å². The summed E-state index contributed by atoms with van der Waals surface area (Å²) in [6.07, 6.45) is 0. The van der Waals surface area contributed by atoms with Crippen molar-refractivity contribution in [3.05, 3.63) is 92.0 Å². The highest BCUT2D eigenvalue weighted by Crippen LogP contribution is 2.34. The van der Waals surface area contributed by atoms with Gasteiger partial charge in [-0.05, 0) is 60.2 Å². The Hall–Kier alpha value is -2.70. The Morgan fingerprint density at radius 3 is 2.24 bits per heavy atom. The monoisotopic (exact) mass is 520 g/mol. The van der Waals surface area contributed by atoms with E-state index < -0.39 is 11.7 Å². The number of nitrogens with zero attached hydrogens (tertiary/aromatic N) is 1. The van der Waals surface area contributed by atoms with Crippen molar-refractivity contribution in [1.82, 2.24) is 4.57 Å². The van der Waals surface area contributed by atoms with Gasteiger partial charge in [-0.15, -0.1) is 0 Å². The van der Waals surface area contributed by atoms with E-state index in [2.05, 4.69) is 5.32 Å². The number of rotatable bonds is 6.